The van der Waals surface area contributed by atoms with E-state index in [0.29, 0.717) is 6.04 Å². The Labute approximate surface area is 130 Å². The number of pyridine rings is 1. The largest absolute Gasteiger partial charge is 0.372 e. The number of morpholine rings is 1. The maximum Gasteiger partial charge on any atom is 0.133 e. The van der Waals surface area contributed by atoms with Gasteiger partial charge in [0.15, 0.2) is 0 Å². The number of aromatic nitrogens is 1. The van der Waals surface area contributed by atoms with Gasteiger partial charge in [0, 0.05) is 41.9 Å². The Bertz CT molecular complexity index is 443. The molecule has 0 unspecified atom stereocenters. The summed E-state index contributed by atoms with van der Waals surface area (Å²) in [5.74, 6) is 1.07. The Morgan fingerprint density at radius 2 is 2.05 bits per heavy atom. The van der Waals surface area contributed by atoms with Gasteiger partial charge < -0.3 is 15.0 Å². The minimum atomic E-state index is 0.245. The lowest BCUT2D eigenvalue weighted by atomic mass is 10.1. The van der Waals surface area contributed by atoms with Crippen LogP contribution in [0.1, 0.15) is 33.3 Å². The van der Waals surface area contributed by atoms with E-state index in [1.54, 1.807) is 0 Å². The highest BCUT2D eigenvalue weighted by Gasteiger charge is 2.24. The molecular weight excluding hydrogens is 318 g/mol. The Hall–Kier alpha value is -0.650. The number of ether oxygens (including phenoxy) is 1. The van der Waals surface area contributed by atoms with Crippen LogP contribution in [0.25, 0.3) is 0 Å². The minimum absolute atomic E-state index is 0.245. The zero-order chi connectivity index (χ0) is 14.7. The normalized spacial score (nSPS) is 23.4. The highest BCUT2D eigenvalue weighted by molar-refractivity contribution is 9.10. The van der Waals surface area contributed by atoms with Crippen LogP contribution in [0.4, 0.5) is 5.82 Å². The van der Waals surface area contributed by atoms with Gasteiger partial charge in [0.05, 0.1) is 12.2 Å². The van der Waals surface area contributed by atoms with E-state index >= 15 is 0 Å². The van der Waals surface area contributed by atoms with E-state index < -0.39 is 0 Å². The number of nitrogens with zero attached hydrogens (tertiary/aromatic N) is 2. The van der Waals surface area contributed by atoms with Gasteiger partial charge in [-0.1, -0.05) is 13.8 Å². The molecule has 1 aromatic heterocycles. The van der Waals surface area contributed by atoms with Crippen molar-refractivity contribution in [1.82, 2.24) is 10.3 Å². The second-order valence-electron chi connectivity index (χ2n) is 5.83. The van der Waals surface area contributed by atoms with Crippen molar-refractivity contribution in [2.24, 2.45) is 0 Å². The summed E-state index contributed by atoms with van der Waals surface area (Å²) in [5.41, 5.74) is 1.23. The molecule has 2 atom stereocenters. The maximum absolute atomic E-state index is 5.81. The molecular formula is C15H24BrN3O. The molecule has 1 aromatic rings. The summed E-state index contributed by atoms with van der Waals surface area (Å²) in [6.45, 7) is 11.2. The van der Waals surface area contributed by atoms with Gasteiger partial charge in [0.1, 0.15) is 5.82 Å². The van der Waals surface area contributed by atoms with Crippen LogP contribution in [-0.2, 0) is 11.3 Å². The Morgan fingerprint density at radius 1 is 1.40 bits per heavy atom. The van der Waals surface area contributed by atoms with Gasteiger partial charge in [-0.2, -0.15) is 0 Å². The van der Waals surface area contributed by atoms with Gasteiger partial charge in [0.25, 0.3) is 0 Å². The third-order valence-corrected chi connectivity index (χ3v) is 3.76. The predicted molar refractivity (Wildman–Crippen MR) is 86.1 cm³/mol. The summed E-state index contributed by atoms with van der Waals surface area (Å²) in [6.07, 6.45) is 2.36. The Balaban J connectivity index is 2.21. The van der Waals surface area contributed by atoms with Gasteiger partial charge in [-0.3, -0.25) is 0 Å². The van der Waals surface area contributed by atoms with Crippen LogP contribution in [0, 0.1) is 0 Å². The number of hydrogen-bond donors (Lipinski definition) is 1. The molecule has 20 heavy (non-hydrogen) atoms. The van der Waals surface area contributed by atoms with E-state index in [2.05, 4.69) is 64.9 Å². The average Bonchev–Trinajstić information content (AvgIpc) is 2.35. The molecule has 1 N–H and O–H groups in total. The molecule has 0 spiro atoms. The highest BCUT2D eigenvalue weighted by Crippen LogP contribution is 2.25. The molecule has 0 radical (unpaired) electrons. The molecule has 0 aromatic carbocycles. The van der Waals surface area contributed by atoms with E-state index in [4.69, 9.17) is 4.74 Å². The van der Waals surface area contributed by atoms with Gasteiger partial charge >= 0.3 is 0 Å². The van der Waals surface area contributed by atoms with Crippen molar-refractivity contribution in [1.29, 1.82) is 0 Å². The zero-order valence-corrected chi connectivity index (χ0v) is 14.3. The van der Waals surface area contributed by atoms with Crippen LogP contribution in [-0.4, -0.2) is 36.3 Å². The molecule has 0 saturated carbocycles. The van der Waals surface area contributed by atoms with Gasteiger partial charge in [-0.25, -0.2) is 4.98 Å². The monoisotopic (exact) mass is 341 g/mol. The van der Waals surface area contributed by atoms with E-state index in [-0.39, 0.29) is 12.2 Å². The van der Waals surface area contributed by atoms with Crippen molar-refractivity contribution in [3.05, 3.63) is 22.3 Å². The average molecular weight is 342 g/mol. The summed E-state index contributed by atoms with van der Waals surface area (Å²) in [5, 5.41) is 3.47. The molecule has 0 aliphatic carbocycles. The van der Waals surface area contributed by atoms with E-state index in [1.165, 1.54) is 5.56 Å². The number of nitrogens with one attached hydrogen (secondary N) is 1. The molecule has 0 amide bonds. The molecule has 112 valence electrons. The van der Waals surface area contributed by atoms with Crippen molar-refractivity contribution < 1.29 is 4.74 Å². The first kappa shape index (κ1) is 15.7. The lowest BCUT2D eigenvalue weighted by Crippen LogP contribution is -2.46. The van der Waals surface area contributed by atoms with E-state index in [9.17, 15) is 0 Å². The van der Waals surface area contributed by atoms with Gasteiger partial charge in [0.2, 0.25) is 0 Å². The first-order valence-corrected chi connectivity index (χ1v) is 8.03. The smallest absolute Gasteiger partial charge is 0.133 e. The summed E-state index contributed by atoms with van der Waals surface area (Å²) in [7, 11) is 0. The molecule has 1 saturated heterocycles. The van der Waals surface area contributed by atoms with Crippen LogP contribution < -0.4 is 10.2 Å². The lowest BCUT2D eigenvalue weighted by Gasteiger charge is -2.37. The molecule has 4 nitrogen and oxygen atoms in total. The highest BCUT2D eigenvalue weighted by atomic mass is 79.9. The second kappa shape index (κ2) is 6.87. The minimum Gasteiger partial charge on any atom is -0.372 e. The molecule has 1 aliphatic heterocycles. The van der Waals surface area contributed by atoms with Crippen molar-refractivity contribution in [3.8, 4) is 0 Å². The first-order valence-electron chi connectivity index (χ1n) is 7.24. The molecule has 2 heterocycles. The molecule has 1 aliphatic rings. The fourth-order valence-electron chi connectivity index (χ4n) is 2.55. The number of anilines is 1. The summed E-state index contributed by atoms with van der Waals surface area (Å²) in [4.78, 5) is 6.97. The topological polar surface area (TPSA) is 37.4 Å². The predicted octanol–water partition coefficient (Wildman–Crippen LogP) is 2.96. The van der Waals surface area contributed by atoms with Crippen molar-refractivity contribution >= 4 is 21.7 Å². The van der Waals surface area contributed by atoms with Crippen LogP contribution in [0.2, 0.25) is 0 Å². The van der Waals surface area contributed by atoms with Crippen molar-refractivity contribution in [3.63, 3.8) is 0 Å². The fourth-order valence-corrected chi connectivity index (χ4v) is 2.93. The second-order valence-corrected chi connectivity index (χ2v) is 6.75. The zero-order valence-electron chi connectivity index (χ0n) is 12.7. The van der Waals surface area contributed by atoms with Gasteiger partial charge in [-0.05, 0) is 35.8 Å². The van der Waals surface area contributed by atoms with Crippen LogP contribution >= 0.6 is 15.9 Å². The van der Waals surface area contributed by atoms with Crippen molar-refractivity contribution in [2.75, 3.05) is 18.0 Å². The molecule has 2 rings (SSSR count). The number of rotatable bonds is 4. The van der Waals surface area contributed by atoms with Gasteiger partial charge in [-0.15, -0.1) is 0 Å². The molecule has 0 bridgehead atoms. The maximum atomic E-state index is 5.81. The van der Waals surface area contributed by atoms with Crippen LogP contribution in [0.15, 0.2) is 16.7 Å². The number of hydrogen-bond acceptors (Lipinski definition) is 4. The van der Waals surface area contributed by atoms with E-state index in [0.717, 1.165) is 29.9 Å². The summed E-state index contributed by atoms with van der Waals surface area (Å²) < 4.78 is 6.83. The summed E-state index contributed by atoms with van der Waals surface area (Å²) >= 11 is 3.52. The Kier molecular flexibility index (Phi) is 5.41. The third kappa shape index (κ3) is 4.17. The SMILES string of the molecule is CC(C)NCc1cc(Br)cnc1N1C[C@@H](C)O[C@@H](C)C1. The lowest BCUT2D eigenvalue weighted by molar-refractivity contribution is -0.00551. The molecule has 5 heteroatoms. The number of halogens is 1. The Morgan fingerprint density at radius 3 is 2.65 bits per heavy atom. The quantitative estimate of drug-likeness (QED) is 0.913. The first-order chi connectivity index (χ1) is 9.45. The standard InChI is InChI=1S/C15H24BrN3O/c1-10(2)17-6-13-5-14(16)7-18-15(13)19-8-11(3)20-12(4)9-19/h5,7,10-12,17H,6,8-9H2,1-4H3/t11-,12+. The third-order valence-electron chi connectivity index (χ3n) is 3.33. The fraction of sp³-hybridized carbons (Fsp3) is 0.667. The summed E-state index contributed by atoms with van der Waals surface area (Å²) in [6, 6.07) is 2.62. The molecule has 1 fully saturated rings. The van der Waals surface area contributed by atoms with Crippen molar-refractivity contribution in [2.45, 2.75) is 52.5 Å². The van der Waals surface area contributed by atoms with Crippen LogP contribution in [0.3, 0.4) is 0 Å². The van der Waals surface area contributed by atoms with Crippen LogP contribution in [0.5, 0.6) is 0 Å². The van der Waals surface area contributed by atoms with E-state index in [1.807, 2.05) is 6.20 Å².